The first-order chi connectivity index (χ1) is 14.0. The number of amides is 1. The van der Waals surface area contributed by atoms with Gasteiger partial charge >= 0.3 is 5.97 Å². The molecule has 2 aromatic rings. The third-order valence-electron chi connectivity index (χ3n) is 4.73. The molecule has 0 radical (unpaired) electrons. The van der Waals surface area contributed by atoms with Crippen molar-refractivity contribution in [2.45, 2.75) is 37.6 Å². The third kappa shape index (κ3) is 5.58. The fourth-order valence-electron chi connectivity index (χ4n) is 3.35. The molecule has 8 heteroatoms. The minimum absolute atomic E-state index is 0.145. The van der Waals surface area contributed by atoms with E-state index in [0.717, 1.165) is 47.8 Å². The number of hydrogen-bond donors (Lipinski definition) is 1. The molecule has 0 bridgehead atoms. The Hall–Kier alpha value is -1.90. The van der Waals surface area contributed by atoms with Crippen molar-refractivity contribution in [3.05, 3.63) is 46.1 Å². The molecular formula is C21H25FN2O3S2. The summed E-state index contributed by atoms with van der Waals surface area (Å²) in [6.45, 7) is 4.88. The Kier molecular flexibility index (Phi) is 7.69. The number of thioether (sulfide) groups is 1. The predicted molar refractivity (Wildman–Crippen MR) is 115 cm³/mol. The fraction of sp³-hybridized carbons (Fsp3) is 0.429. The molecule has 0 spiro atoms. The average molecular weight is 437 g/mol. The zero-order valence-corrected chi connectivity index (χ0v) is 18.3. The topological polar surface area (TPSA) is 58.6 Å². The molecule has 156 valence electrons. The van der Waals surface area contributed by atoms with Crippen LogP contribution in [0.25, 0.3) is 0 Å². The van der Waals surface area contributed by atoms with Crippen LogP contribution < -0.4 is 5.32 Å². The fourth-order valence-corrected chi connectivity index (χ4v) is 5.50. The Labute approximate surface area is 178 Å². The highest BCUT2D eigenvalue weighted by molar-refractivity contribution is 7.99. The molecule has 0 saturated heterocycles. The Morgan fingerprint density at radius 2 is 2.07 bits per heavy atom. The van der Waals surface area contributed by atoms with Crippen molar-refractivity contribution in [3.63, 3.8) is 0 Å². The average Bonchev–Trinajstić information content (AvgIpc) is 3.06. The normalized spacial score (nSPS) is 13.8. The summed E-state index contributed by atoms with van der Waals surface area (Å²) >= 11 is 2.97. The molecule has 1 amide bonds. The van der Waals surface area contributed by atoms with E-state index in [9.17, 15) is 14.0 Å². The van der Waals surface area contributed by atoms with Crippen LogP contribution in [-0.4, -0.2) is 42.7 Å². The largest absolute Gasteiger partial charge is 0.465 e. The van der Waals surface area contributed by atoms with Gasteiger partial charge in [0.2, 0.25) is 5.91 Å². The highest BCUT2D eigenvalue weighted by Crippen LogP contribution is 2.37. The number of hydrogen-bond acceptors (Lipinski definition) is 6. The van der Waals surface area contributed by atoms with E-state index in [-0.39, 0.29) is 11.7 Å². The van der Waals surface area contributed by atoms with Gasteiger partial charge in [-0.25, -0.2) is 9.18 Å². The van der Waals surface area contributed by atoms with Crippen molar-refractivity contribution in [3.8, 4) is 0 Å². The summed E-state index contributed by atoms with van der Waals surface area (Å²) in [5, 5.41) is 3.49. The van der Waals surface area contributed by atoms with Crippen molar-refractivity contribution in [2.75, 3.05) is 31.3 Å². The zero-order valence-electron chi connectivity index (χ0n) is 16.6. The summed E-state index contributed by atoms with van der Waals surface area (Å²) in [5.41, 5.74) is 1.51. The van der Waals surface area contributed by atoms with E-state index in [1.165, 1.54) is 42.3 Å². The number of methoxy groups -OCH3 is 1. The number of esters is 1. The second kappa shape index (κ2) is 10.2. The van der Waals surface area contributed by atoms with Crippen LogP contribution in [0.4, 0.5) is 9.39 Å². The van der Waals surface area contributed by atoms with Gasteiger partial charge in [0, 0.05) is 35.0 Å². The van der Waals surface area contributed by atoms with Gasteiger partial charge in [-0.3, -0.25) is 9.69 Å². The maximum atomic E-state index is 13.0. The van der Waals surface area contributed by atoms with Gasteiger partial charge in [0.05, 0.1) is 12.7 Å². The minimum Gasteiger partial charge on any atom is -0.465 e. The molecule has 1 aliphatic rings. The van der Waals surface area contributed by atoms with Crippen LogP contribution in [0, 0.1) is 5.82 Å². The van der Waals surface area contributed by atoms with Gasteiger partial charge < -0.3 is 10.1 Å². The molecule has 0 saturated carbocycles. The van der Waals surface area contributed by atoms with Crippen LogP contribution in [0.2, 0.25) is 0 Å². The quantitative estimate of drug-likeness (QED) is 0.486. The van der Waals surface area contributed by atoms with Crippen LogP contribution in [0.3, 0.4) is 0 Å². The molecule has 0 aliphatic carbocycles. The smallest absolute Gasteiger partial charge is 0.341 e. The number of halogens is 1. The molecule has 0 atom stereocenters. The number of anilines is 1. The van der Waals surface area contributed by atoms with Crippen molar-refractivity contribution < 1.29 is 18.7 Å². The van der Waals surface area contributed by atoms with Gasteiger partial charge in [-0.05, 0) is 49.2 Å². The summed E-state index contributed by atoms with van der Waals surface area (Å²) < 4.78 is 17.9. The second-order valence-corrected chi connectivity index (χ2v) is 9.10. The number of thiophene rings is 1. The standard InChI is InChI=1S/C21H25FN2O3S2/c1-3-10-24-11-8-16-17(13-24)29-20(19(16)21(26)27-2)23-18(25)9-12-28-15-6-4-14(22)5-7-15/h4-7H,3,8-13H2,1-2H3,(H,23,25). The lowest BCUT2D eigenvalue weighted by Gasteiger charge is -2.26. The maximum absolute atomic E-state index is 13.0. The van der Waals surface area contributed by atoms with E-state index in [4.69, 9.17) is 4.74 Å². The predicted octanol–water partition coefficient (Wildman–Crippen LogP) is 4.56. The third-order valence-corrected chi connectivity index (χ3v) is 6.88. The molecule has 5 nitrogen and oxygen atoms in total. The van der Waals surface area contributed by atoms with Crippen LogP contribution in [0.1, 0.15) is 40.6 Å². The van der Waals surface area contributed by atoms with Crippen LogP contribution >= 0.6 is 23.1 Å². The summed E-state index contributed by atoms with van der Waals surface area (Å²) in [5.74, 6) is -0.252. The second-order valence-electron chi connectivity index (χ2n) is 6.83. The number of ether oxygens (including phenoxy) is 1. The molecule has 29 heavy (non-hydrogen) atoms. The Morgan fingerprint density at radius 1 is 1.31 bits per heavy atom. The summed E-state index contributed by atoms with van der Waals surface area (Å²) in [6.07, 6.45) is 2.17. The number of carbonyl (C=O) groups is 2. The van der Waals surface area contributed by atoms with Crippen molar-refractivity contribution in [1.82, 2.24) is 4.90 Å². The molecular weight excluding hydrogens is 411 g/mol. The Morgan fingerprint density at radius 3 is 2.76 bits per heavy atom. The number of benzene rings is 1. The number of nitrogens with zero attached hydrogens (tertiary/aromatic N) is 1. The van der Waals surface area contributed by atoms with E-state index in [1.54, 1.807) is 12.1 Å². The molecule has 1 aromatic heterocycles. The lowest BCUT2D eigenvalue weighted by Crippen LogP contribution is -2.30. The SMILES string of the molecule is CCCN1CCc2c(sc(NC(=O)CCSc3ccc(F)cc3)c2C(=O)OC)C1. The van der Waals surface area contributed by atoms with Gasteiger partial charge in [0.1, 0.15) is 10.8 Å². The Balaban J connectivity index is 1.65. The monoisotopic (exact) mass is 436 g/mol. The van der Waals surface area contributed by atoms with Crippen molar-refractivity contribution in [1.29, 1.82) is 0 Å². The highest BCUT2D eigenvalue weighted by Gasteiger charge is 2.29. The summed E-state index contributed by atoms with van der Waals surface area (Å²) in [7, 11) is 1.36. The summed E-state index contributed by atoms with van der Waals surface area (Å²) in [4.78, 5) is 29.2. The van der Waals surface area contributed by atoms with Crippen LogP contribution in [-0.2, 0) is 22.5 Å². The van der Waals surface area contributed by atoms with Gasteiger partial charge in [-0.2, -0.15) is 0 Å². The first-order valence-electron chi connectivity index (χ1n) is 9.65. The summed E-state index contributed by atoms with van der Waals surface area (Å²) in [6, 6.07) is 6.21. The molecule has 3 rings (SSSR count). The highest BCUT2D eigenvalue weighted by atomic mass is 32.2. The lowest BCUT2D eigenvalue weighted by atomic mass is 10.0. The number of carbonyl (C=O) groups excluding carboxylic acids is 2. The van der Waals surface area contributed by atoms with Crippen molar-refractivity contribution in [2.24, 2.45) is 0 Å². The van der Waals surface area contributed by atoms with E-state index < -0.39 is 5.97 Å². The van der Waals surface area contributed by atoms with E-state index in [0.29, 0.717) is 22.7 Å². The van der Waals surface area contributed by atoms with Gasteiger partial charge in [0.25, 0.3) is 0 Å². The van der Waals surface area contributed by atoms with E-state index >= 15 is 0 Å². The first kappa shape index (κ1) is 21.8. The number of nitrogens with one attached hydrogen (secondary N) is 1. The minimum atomic E-state index is -0.401. The lowest BCUT2D eigenvalue weighted by molar-refractivity contribution is -0.115. The van der Waals surface area contributed by atoms with E-state index in [1.807, 2.05) is 0 Å². The van der Waals surface area contributed by atoms with E-state index in [2.05, 4.69) is 17.1 Å². The number of fused-ring (bicyclic) bond motifs is 1. The Bertz CT molecular complexity index is 868. The van der Waals surface area contributed by atoms with Gasteiger partial charge in [-0.1, -0.05) is 6.92 Å². The maximum Gasteiger partial charge on any atom is 0.341 e. The molecule has 1 aliphatic heterocycles. The zero-order chi connectivity index (χ0) is 20.8. The van der Waals surface area contributed by atoms with Gasteiger partial charge in [-0.15, -0.1) is 23.1 Å². The van der Waals surface area contributed by atoms with Crippen LogP contribution in [0.15, 0.2) is 29.2 Å². The molecule has 0 unspecified atom stereocenters. The molecule has 1 aromatic carbocycles. The molecule has 1 N–H and O–H groups in total. The number of rotatable bonds is 8. The van der Waals surface area contributed by atoms with Gasteiger partial charge in [0.15, 0.2) is 0 Å². The molecule has 2 heterocycles. The van der Waals surface area contributed by atoms with Crippen molar-refractivity contribution >= 4 is 40.0 Å². The molecule has 0 fully saturated rings. The van der Waals surface area contributed by atoms with Crippen LogP contribution in [0.5, 0.6) is 0 Å². The first-order valence-corrected chi connectivity index (χ1v) is 11.5.